The van der Waals surface area contributed by atoms with Crippen molar-refractivity contribution in [3.63, 3.8) is 0 Å². The first-order valence-corrected chi connectivity index (χ1v) is 7.06. The summed E-state index contributed by atoms with van der Waals surface area (Å²) in [6, 6.07) is 4.18. The predicted molar refractivity (Wildman–Crippen MR) is 61.0 cm³/mol. The van der Waals surface area contributed by atoms with Crippen LogP contribution in [0.5, 0.6) is 0 Å². The van der Waals surface area contributed by atoms with E-state index >= 15 is 0 Å². The zero-order valence-electron chi connectivity index (χ0n) is 8.02. The molecule has 1 fully saturated rings. The minimum absolute atomic E-state index is 0.262. The van der Waals surface area contributed by atoms with Gasteiger partial charge in [-0.15, -0.1) is 11.3 Å². The quantitative estimate of drug-likeness (QED) is 0.844. The molecule has 1 heterocycles. The molecule has 4 heteroatoms. The summed E-state index contributed by atoms with van der Waals surface area (Å²) in [4.78, 5) is 0. The van der Waals surface area contributed by atoms with E-state index in [2.05, 4.69) is 0 Å². The van der Waals surface area contributed by atoms with Crippen LogP contribution in [0.15, 0.2) is 21.7 Å². The van der Waals surface area contributed by atoms with Crippen LogP contribution in [0.25, 0.3) is 0 Å². The van der Waals surface area contributed by atoms with Crippen molar-refractivity contribution in [3.05, 3.63) is 17.5 Å². The average molecular weight is 229 g/mol. The van der Waals surface area contributed by atoms with Crippen molar-refractivity contribution in [1.82, 2.24) is 0 Å². The van der Waals surface area contributed by atoms with Gasteiger partial charge < -0.3 is 5.73 Å². The molecule has 1 aliphatic rings. The Hall–Kier alpha value is -0.190. The molecule has 0 bridgehead atoms. The van der Waals surface area contributed by atoms with Crippen LogP contribution < -0.4 is 5.73 Å². The van der Waals surface area contributed by atoms with Crippen molar-refractivity contribution in [3.8, 4) is 0 Å². The van der Waals surface area contributed by atoms with Crippen LogP contribution in [0.3, 0.4) is 0 Å². The monoisotopic (exact) mass is 229 g/mol. The first-order chi connectivity index (χ1) is 6.77. The Morgan fingerprint density at radius 3 is 3.00 bits per heavy atom. The third-order valence-electron chi connectivity index (χ3n) is 2.66. The van der Waals surface area contributed by atoms with E-state index in [1.807, 2.05) is 17.5 Å². The highest BCUT2D eigenvalue weighted by Gasteiger charge is 2.25. The Bertz CT molecular complexity index is 310. The lowest BCUT2D eigenvalue weighted by molar-refractivity contribution is 0.444. The fourth-order valence-electron chi connectivity index (χ4n) is 1.92. The number of hydrogen-bond acceptors (Lipinski definition) is 3. The standard InChI is InChI=1S/C10H15NOS2/c11-8-3-1-4-9(7-8)14(12)10-5-2-6-13-10/h2,5-6,8-9H,1,3-4,7,11H2. The summed E-state index contributed by atoms with van der Waals surface area (Å²) < 4.78 is 13.1. The lowest BCUT2D eigenvalue weighted by atomic mass is 9.96. The molecular formula is C10H15NOS2. The topological polar surface area (TPSA) is 43.1 Å². The molecule has 0 aromatic carbocycles. The van der Waals surface area contributed by atoms with E-state index in [9.17, 15) is 4.21 Å². The smallest absolute Gasteiger partial charge is 0.0913 e. The molecule has 78 valence electrons. The van der Waals surface area contributed by atoms with Gasteiger partial charge >= 0.3 is 0 Å². The van der Waals surface area contributed by atoms with E-state index in [-0.39, 0.29) is 11.3 Å². The second-order valence-electron chi connectivity index (χ2n) is 3.78. The molecule has 0 aliphatic heterocycles. The van der Waals surface area contributed by atoms with Crippen molar-refractivity contribution in [2.45, 2.75) is 41.2 Å². The van der Waals surface area contributed by atoms with Gasteiger partial charge in [0.1, 0.15) is 0 Å². The minimum atomic E-state index is -0.821. The fraction of sp³-hybridized carbons (Fsp3) is 0.600. The van der Waals surface area contributed by atoms with Gasteiger partial charge in [-0.3, -0.25) is 4.21 Å². The summed E-state index contributed by atoms with van der Waals surface area (Å²) in [7, 11) is -0.821. The van der Waals surface area contributed by atoms with Crippen molar-refractivity contribution < 1.29 is 4.21 Å². The summed E-state index contributed by atoms with van der Waals surface area (Å²) in [6.45, 7) is 0. The van der Waals surface area contributed by atoms with E-state index < -0.39 is 10.8 Å². The van der Waals surface area contributed by atoms with Gasteiger partial charge in [0.2, 0.25) is 0 Å². The Labute approximate surface area is 91.0 Å². The van der Waals surface area contributed by atoms with Gasteiger partial charge in [0.15, 0.2) is 0 Å². The van der Waals surface area contributed by atoms with Crippen LogP contribution in [-0.4, -0.2) is 15.5 Å². The maximum absolute atomic E-state index is 12.1. The molecular weight excluding hydrogens is 214 g/mol. The van der Waals surface area contributed by atoms with Crippen molar-refractivity contribution in [1.29, 1.82) is 0 Å². The first-order valence-electron chi connectivity index (χ1n) is 4.97. The van der Waals surface area contributed by atoms with E-state index in [1.165, 1.54) is 0 Å². The van der Waals surface area contributed by atoms with Crippen LogP contribution >= 0.6 is 11.3 Å². The summed E-state index contributed by atoms with van der Waals surface area (Å²) in [6.07, 6.45) is 4.21. The zero-order chi connectivity index (χ0) is 9.97. The summed E-state index contributed by atoms with van der Waals surface area (Å²) in [5.41, 5.74) is 5.89. The molecule has 1 aromatic rings. The third kappa shape index (κ3) is 2.24. The van der Waals surface area contributed by atoms with Crippen molar-refractivity contribution in [2.75, 3.05) is 0 Å². The maximum Gasteiger partial charge on any atom is 0.0913 e. The summed E-state index contributed by atoms with van der Waals surface area (Å²) in [5.74, 6) is 0. The highest BCUT2D eigenvalue weighted by molar-refractivity contribution is 7.87. The van der Waals surface area contributed by atoms with Gasteiger partial charge in [-0.1, -0.05) is 12.5 Å². The molecule has 0 spiro atoms. The van der Waals surface area contributed by atoms with Gasteiger partial charge in [-0.2, -0.15) is 0 Å². The molecule has 2 rings (SSSR count). The average Bonchev–Trinajstić information content (AvgIpc) is 2.69. The molecule has 3 atom stereocenters. The van der Waals surface area contributed by atoms with E-state index in [0.29, 0.717) is 0 Å². The molecule has 2 nitrogen and oxygen atoms in total. The van der Waals surface area contributed by atoms with Gasteiger partial charge in [0, 0.05) is 11.3 Å². The number of hydrogen-bond donors (Lipinski definition) is 1. The lowest BCUT2D eigenvalue weighted by Crippen LogP contribution is -2.32. The molecule has 1 saturated carbocycles. The predicted octanol–water partition coefficient (Wildman–Crippen LogP) is 2.13. The highest BCUT2D eigenvalue weighted by atomic mass is 32.2. The minimum Gasteiger partial charge on any atom is -0.328 e. The fourth-order valence-corrected chi connectivity index (χ4v) is 4.66. The second-order valence-corrected chi connectivity index (χ2v) is 6.69. The van der Waals surface area contributed by atoms with Gasteiger partial charge in [-0.05, 0) is 30.7 Å². The Morgan fingerprint density at radius 2 is 2.36 bits per heavy atom. The van der Waals surface area contributed by atoms with E-state index in [1.54, 1.807) is 11.3 Å². The molecule has 0 radical (unpaired) electrons. The van der Waals surface area contributed by atoms with Crippen LogP contribution in [-0.2, 0) is 10.8 Å². The van der Waals surface area contributed by atoms with Gasteiger partial charge in [-0.25, -0.2) is 0 Å². The normalized spacial score (nSPS) is 30.1. The Kier molecular flexibility index (Phi) is 3.36. The SMILES string of the molecule is NC1CCCC(S(=O)c2cccs2)C1. The van der Waals surface area contributed by atoms with Crippen LogP contribution in [0, 0.1) is 0 Å². The van der Waals surface area contributed by atoms with Gasteiger partial charge in [0.05, 0.1) is 15.0 Å². The van der Waals surface area contributed by atoms with E-state index in [0.717, 1.165) is 29.9 Å². The molecule has 2 N–H and O–H groups in total. The molecule has 1 aromatic heterocycles. The Balaban J connectivity index is 2.04. The molecule has 0 saturated heterocycles. The van der Waals surface area contributed by atoms with Crippen molar-refractivity contribution >= 4 is 22.1 Å². The maximum atomic E-state index is 12.1. The second kappa shape index (κ2) is 4.55. The summed E-state index contributed by atoms with van der Waals surface area (Å²) >= 11 is 1.58. The molecule has 1 aliphatic carbocycles. The lowest BCUT2D eigenvalue weighted by Gasteiger charge is -2.25. The Morgan fingerprint density at radius 1 is 1.50 bits per heavy atom. The van der Waals surface area contributed by atoms with Gasteiger partial charge in [0.25, 0.3) is 0 Å². The molecule has 14 heavy (non-hydrogen) atoms. The highest BCUT2D eigenvalue weighted by Crippen LogP contribution is 2.27. The number of thiophene rings is 1. The number of rotatable bonds is 2. The molecule has 3 unspecified atom stereocenters. The first kappa shape index (κ1) is 10.3. The van der Waals surface area contributed by atoms with Crippen molar-refractivity contribution in [2.24, 2.45) is 5.73 Å². The van der Waals surface area contributed by atoms with Crippen LogP contribution in [0.4, 0.5) is 0 Å². The largest absolute Gasteiger partial charge is 0.328 e. The summed E-state index contributed by atoms with van der Waals surface area (Å²) in [5, 5.41) is 2.27. The number of nitrogens with two attached hydrogens (primary N) is 1. The van der Waals surface area contributed by atoms with Crippen LogP contribution in [0.1, 0.15) is 25.7 Å². The molecule has 0 amide bonds. The van der Waals surface area contributed by atoms with E-state index in [4.69, 9.17) is 5.73 Å². The zero-order valence-corrected chi connectivity index (χ0v) is 9.65. The third-order valence-corrected chi connectivity index (χ3v) is 5.67. The van der Waals surface area contributed by atoms with Crippen LogP contribution in [0.2, 0.25) is 0 Å².